The van der Waals surface area contributed by atoms with E-state index in [1.54, 1.807) is 18.2 Å². The Kier molecular flexibility index (Phi) is 7.19. The normalized spacial score (nSPS) is 26.3. The minimum atomic E-state index is -0.961. The van der Waals surface area contributed by atoms with E-state index < -0.39 is 5.97 Å². The van der Waals surface area contributed by atoms with Crippen molar-refractivity contribution in [3.05, 3.63) is 70.0 Å². The zero-order chi connectivity index (χ0) is 27.0. The van der Waals surface area contributed by atoms with Crippen molar-refractivity contribution in [2.24, 2.45) is 0 Å². The topological polar surface area (TPSA) is 87.5 Å². The van der Waals surface area contributed by atoms with Crippen molar-refractivity contribution in [3.8, 4) is 0 Å². The Hall–Kier alpha value is -3.19. The highest BCUT2D eigenvalue weighted by atomic mass is 16.4. The maximum Gasteiger partial charge on any atom is 0.335 e. The second-order valence-corrected chi connectivity index (χ2v) is 12.2. The number of piperidine rings is 1. The molecule has 3 aromatic rings. The lowest BCUT2D eigenvalue weighted by molar-refractivity contribution is -0.00647. The fourth-order valence-electron chi connectivity index (χ4n) is 7.81. The summed E-state index contributed by atoms with van der Waals surface area (Å²) in [5.74, 6) is -0.633. The Balaban J connectivity index is 1.30. The van der Waals surface area contributed by atoms with Crippen LogP contribution in [0, 0.1) is 0 Å². The molecule has 2 aliphatic heterocycles. The van der Waals surface area contributed by atoms with E-state index in [0.717, 1.165) is 29.4 Å². The van der Waals surface area contributed by atoms with E-state index in [4.69, 9.17) is 4.98 Å². The molecule has 0 spiro atoms. The number of aromatic carboxylic acids is 1. The van der Waals surface area contributed by atoms with Gasteiger partial charge < -0.3 is 15.0 Å². The summed E-state index contributed by atoms with van der Waals surface area (Å²) >= 11 is 0. The molecule has 3 atom stereocenters. The van der Waals surface area contributed by atoms with Crippen LogP contribution in [0.15, 0.2) is 53.3 Å². The van der Waals surface area contributed by atoms with Crippen molar-refractivity contribution in [1.82, 2.24) is 14.5 Å². The highest BCUT2D eigenvalue weighted by molar-refractivity contribution is 5.87. The van der Waals surface area contributed by atoms with E-state index in [9.17, 15) is 14.7 Å². The zero-order valence-electron chi connectivity index (χ0n) is 22.9. The van der Waals surface area contributed by atoms with Gasteiger partial charge >= 0.3 is 5.97 Å². The number of aromatic nitrogens is 2. The number of benzene rings is 2. The molecule has 39 heavy (non-hydrogen) atoms. The van der Waals surface area contributed by atoms with Gasteiger partial charge in [0, 0.05) is 30.2 Å². The molecule has 2 bridgehead atoms. The number of carboxylic acids is 1. The van der Waals surface area contributed by atoms with Gasteiger partial charge in [-0.15, -0.1) is 0 Å². The average molecular weight is 529 g/mol. The summed E-state index contributed by atoms with van der Waals surface area (Å²) in [6.07, 6.45) is 13.8. The largest absolute Gasteiger partial charge is 0.478 e. The lowest BCUT2D eigenvalue weighted by Crippen LogP contribution is -2.56. The van der Waals surface area contributed by atoms with Crippen LogP contribution >= 0.6 is 0 Å². The predicted molar refractivity (Wildman–Crippen MR) is 154 cm³/mol. The predicted octanol–water partition coefficient (Wildman–Crippen LogP) is 6.38. The summed E-state index contributed by atoms with van der Waals surface area (Å²) in [6.45, 7) is 2.78. The standard InChI is InChI=1S/C32H40N4O3/c1-32-17-16-25(36(32)24-12-5-3-2-4-6-13-24)19-26(20-32)35-28-15-8-7-14-27(28)34-29(30(35)37)33-21-22-10-9-11-23(18-22)31(38)39/h7-11,14-15,18,24-26H,2-6,12-13,16-17,19-21H2,1H3,(H,33,34)(H,38,39)/t25-,26+,32+/m0/s1. The number of hydrogen-bond donors (Lipinski definition) is 2. The number of hydrogen-bond acceptors (Lipinski definition) is 5. The zero-order valence-corrected chi connectivity index (χ0v) is 22.9. The first-order valence-electron chi connectivity index (χ1n) is 14.8. The third-order valence-electron chi connectivity index (χ3n) is 9.51. The van der Waals surface area contributed by atoms with E-state index in [1.165, 1.54) is 57.8 Å². The number of carboxylic acid groups (broad SMARTS) is 1. The summed E-state index contributed by atoms with van der Waals surface area (Å²) in [7, 11) is 0. The summed E-state index contributed by atoms with van der Waals surface area (Å²) in [4.78, 5) is 33.0. The number of fused-ring (bicyclic) bond motifs is 3. The molecule has 1 aliphatic carbocycles. The van der Waals surface area contributed by atoms with Gasteiger partial charge in [-0.05, 0) is 75.3 Å². The summed E-state index contributed by atoms with van der Waals surface area (Å²) < 4.78 is 2.02. The van der Waals surface area contributed by atoms with Crippen LogP contribution < -0.4 is 10.9 Å². The second kappa shape index (κ2) is 10.8. The smallest absolute Gasteiger partial charge is 0.335 e. The Morgan fingerprint density at radius 2 is 1.77 bits per heavy atom. The quantitative estimate of drug-likeness (QED) is 0.386. The minimum Gasteiger partial charge on any atom is -0.478 e. The van der Waals surface area contributed by atoms with E-state index in [2.05, 4.69) is 17.1 Å². The van der Waals surface area contributed by atoms with Crippen LogP contribution in [0.25, 0.3) is 11.0 Å². The molecular weight excluding hydrogens is 488 g/mol. The maximum absolute atomic E-state index is 14.0. The van der Waals surface area contributed by atoms with Gasteiger partial charge in [-0.3, -0.25) is 9.69 Å². The fourth-order valence-corrected chi connectivity index (χ4v) is 7.81. The summed E-state index contributed by atoms with van der Waals surface area (Å²) in [5.41, 5.74) is 2.76. The molecule has 0 unspecified atom stereocenters. The number of carbonyl (C=O) groups is 1. The molecule has 7 nitrogen and oxygen atoms in total. The molecule has 2 saturated heterocycles. The third-order valence-corrected chi connectivity index (χ3v) is 9.51. The van der Waals surface area contributed by atoms with Crippen molar-refractivity contribution in [2.75, 3.05) is 5.32 Å². The van der Waals surface area contributed by atoms with Gasteiger partial charge in [0.1, 0.15) is 0 Å². The van der Waals surface area contributed by atoms with Crippen LogP contribution in [0.5, 0.6) is 0 Å². The van der Waals surface area contributed by atoms with Gasteiger partial charge in [-0.2, -0.15) is 0 Å². The Morgan fingerprint density at radius 3 is 2.54 bits per heavy atom. The lowest BCUT2D eigenvalue weighted by Gasteiger charge is -2.50. The van der Waals surface area contributed by atoms with Crippen molar-refractivity contribution in [3.63, 3.8) is 0 Å². The molecule has 206 valence electrons. The molecule has 3 heterocycles. The SMILES string of the molecule is C[C@@]12CC[C@@H](C[C@@H](n3c(=O)c(NCc4cccc(C(=O)O)c4)nc4ccccc43)C1)N2C1CCCCCCC1. The van der Waals surface area contributed by atoms with Crippen LogP contribution in [0.3, 0.4) is 0 Å². The molecule has 2 aromatic carbocycles. The van der Waals surface area contributed by atoms with Crippen molar-refractivity contribution >= 4 is 22.8 Å². The van der Waals surface area contributed by atoms with Gasteiger partial charge in [0.15, 0.2) is 5.82 Å². The van der Waals surface area contributed by atoms with E-state index >= 15 is 0 Å². The fraction of sp³-hybridized carbons (Fsp3) is 0.531. The Labute approximate surface area is 230 Å². The molecule has 6 rings (SSSR count). The molecular formula is C32H40N4O3. The molecule has 3 aliphatic rings. The maximum atomic E-state index is 14.0. The monoisotopic (exact) mass is 528 g/mol. The van der Waals surface area contributed by atoms with Crippen LogP contribution in [0.4, 0.5) is 5.82 Å². The van der Waals surface area contributed by atoms with Crippen LogP contribution in [-0.4, -0.2) is 43.1 Å². The lowest BCUT2D eigenvalue weighted by atomic mass is 9.83. The first-order chi connectivity index (χ1) is 18.9. The highest BCUT2D eigenvalue weighted by Gasteiger charge is 2.51. The Morgan fingerprint density at radius 1 is 1.00 bits per heavy atom. The van der Waals surface area contributed by atoms with Gasteiger partial charge in [-0.25, -0.2) is 9.78 Å². The van der Waals surface area contributed by atoms with Crippen LogP contribution in [0.2, 0.25) is 0 Å². The van der Waals surface area contributed by atoms with Gasteiger partial charge in [0.05, 0.1) is 16.6 Å². The van der Waals surface area contributed by atoms with Crippen molar-refractivity contribution < 1.29 is 9.90 Å². The van der Waals surface area contributed by atoms with Crippen molar-refractivity contribution in [2.45, 2.75) is 108 Å². The van der Waals surface area contributed by atoms with Gasteiger partial charge in [-0.1, -0.05) is 56.4 Å². The molecule has 3 fully saturated rings. The first kappa shape index (κ1) is 26.1. The van der Waals surface area contributed by atoms with E-state index in [1.807, 2.05) is 34.9 Å². The first-order valence-corrected chi connectivity index (χ1v) is 14.8. The molecule has 0 radical (unpaired) electrons. The summed E-state index contributed by atoms with van der Waals surface area (Å²) in [6, 6.07) is 16.1. The van der Waals surface area contributed by atoms with Crippen LogP contribution in [0.1, 0.15) is 99.5 Å². The summed E-state index contributed by atoms with van der Waals surface area (Å²) in [5, 5.41) is 12.6. The molecule has 0 amide bonds. The molecule has 2 N–H and O–H groups in total. The number of anilines is 1. The Bertz CT molecular complexity index is 1410. The molecule has 1 aromatic heterocycles. The molecule has 1 saturated carbocycles. The van der Waals surface area contributed by atoms with Crippen LogP contribution in [-0.2, 0) is 6.54 Å². The third kappa shape index (κ3) is 5.09. The second-order valence-electron chi connectivity index (χ2n) is 12.2. The number of rotatable bonds is 6. The highest BCUT2D eigenvalue weighted by Crippen LogP contribution is 2.50. The molecule has 7 heteroatoms. The average Bonchev–Trinajstić information content (AvgIpc) is 3.11. The van der Waals surface area contributed by atoms with E-state index in [-0.39, 0.29) is 22.7 Å². The number of nitrogens with zero attached hydrogens (tertiary/aromatic N) is 3. The van der Waals surface area contributed by atoms with Crippen molar-refractivity contribution in [1.29, 1.82) is 0 Å². The number of para-hydroxylation sites is 2. The van der Waals surface area contributed by atoms with E-state index in [0.29, 0.717) is 24.4 Å². The number of nitrogens with one attached hydrogen (secondary N) is 1. The van der Waals surface area contributed by atoms with Gasteiger partial charge in [0.25, 0.3) is 5.56 Å². The minimum absolute atomic E-state index is 0.0875. The van der Waals surface area contributed by atoms with Gasteiger partial charge in [0.2, 0.25) is 0 Å².